The van der Waals surface area contributed by atoms with E-state index in [4.69, 9.17) is 5.73 Å². The zero-order valence-corrected chi connectivity index (χ0v) is 12.2. The van der Waals surface area contributed by atoms with E-state index in [1.807, 2.05) is 0 Å². The third kappa shape index (κ3) is 2.76. The molecule has 0 amide bonds. The first-order chi connectivity index (χ1) is 8.41. The number of aliphatic hydroxyl groups excluding tert-OH is 1. The van der Waals surface area contributed by atoms with Crippen LogP contribution < -0.4 is 5.73 Å². The van der Waals surface area contributed by atoms with E-state index < -0.39 is 0 Å². The van der Waals surface area contributed by atoms with Gasteiger partial charge in [-0.15, -0.1) is 0 Å². The Morgan fingerprint density at radius 1 is 1.11 bits per heavy atom. The van der Waals surface area contributed by atoms with E-state index >= 15 is 0 Å². The molecule has 0 aliphatic carbocycles. The van der Waals surface area contributed by atoms with Crippen molar-refractivity contribution < 1.29 is 5.11 Å². The molecule has 0 fully saturated rings. The molecule has 1 rings (SSSR count). The highest BCUT2D eigenvalue weighted by atomic mass is 16.3. The minimum Gasteiger partial charge on any atom is -0.396 e. The normalized spacial score (nSPS) is 15.4. The smallest absolute Gasteiger partial charge is 0.0440 e. The highest BCUT2D eigenvalue weighted by molar-refractivity contribution is 5.32. The minimum absolute atomic E-state index is 0.159. The molecule has 0 heterocycles. The maximum Gasteiger partial charge on any atom is 0.0440 e. The summed E-state index contributed by atoms with van der Waals surface area (Å²) in [6.07, 6.45) is 2.69. The topological polar surface area (TPSA) is 46.2 Å². The second-order valence-corrected chi connectivity index (χ2v) is 5.68. The zero-order valence-electron chi connectivity index (χ0n) is 12.2. The van der Waals surface area contributed by atoms with Gasteiger partial charge in [0.15, 0.2) is 0 Å². The summed E-state index contributed by atoms with van der Waals surface area (Å²) < 4.78 is 0. The maximum absolute atomic E-state index is 9.40. The second-order valence-electron chi connectivity index (χ2n) is 5.68. The van der Waals surface area contributed by atoms with Crippen LogP contribution in [0.15, 0.2) is 24.3 Å². The van der Waals surface area contributed by atoms with E-state index in [2.05, 4.69) is 52.0 Å². The Labute approximate surface area is 111 Å². The molecule has 1 atom stereocenters. The maximum atomic E-state index is 9.40. The number of hydrogen-bond donors (Lipinski definition) is 2. The van der Waals surface area contributed by atoms with Crippen LogP contribution in [0.1, 0.15) is 51.7 Å². The lowest BCUT2D eigenvalue weighted by molar-refractivity contribution is 0.170. The van der Waals surface area contributed by atoms with Gasteiger partial charge >= 0.3 is 0 Å². The Hall–Kier alpha value is -0.860. The van der Waals surface area contributed by atoms with Crippen LogP contribution in [-0.2, 0) is 11.8 Å². The molecule has 1 aromatic carbocycles. The third-order valence-corrected chi connectivity index (χ3v) is 4.29. The Bertz CT molecular complexity index is 364. The van der Waals surface area contributed by atoms with Gasteiger partial charge in [0.25, 0.3) is 0 Å². The molecule has 0 saturated carbocycles. The van der Waals surface area contributed by atoms with E-state index in [1.165, 1.54) is 11.1 Å². The summed E-state index contributed by atoms with van der Waals surface area (Å²) in [4.78, 5) is 0. The largest absolute Gasteiger partial charge is 0.396 e. The van der Waals surface area contributed by atoms with Gasteiger partial charge in [-0.3, -0.25) is 0 Å². The molecule has 0 aromatic heterocycles. The van der Waals surface area contributed by atoms with Gasteiger partial charge in [-0.25, -0.2) is 0 Å². The van der Waals surface area contributed by atoms with Gasteiger partial charge in [0, 0.05) is 17.6 Å². The molecular weight excluding hydrogens is 222 g/mol. The zero-order chi connectivity index (χ0) is 13.8. The van der Waals surface area contributed by atoms with Crippen LogP contribution in [0.2, 0.25) is 0 Å². The van der Waals surface area contributed by atoms with Crippen molar-refractivity contribution in [2.24, 2.45) is 5.73 Å². The van der Waals surface area contributed by atoms with Gasteiger partial charge in [0.05, 0.1) is 0 Å². The summed E-state index contributed by atoms with van der Waals surface area (Å²) in [6, 6.07) is 8.69. The van der Waals surface area contributed by atoms with E-state index in [0.29, 0.717) is 6.42 Å². The molecule has 0 aliphatic heterocycles. The fraction of sp³-hybridized carbons (Fsp3) is 0.625. The van der Waals surface area contributed by atoms with Gasteiger partial charge in [0.2, 0.25) is 0 Å². The molecular formula is C16H27NO. The Balaban J connectivity index is 3.24. The van der Waals surface area contributed by atoms with Crippen molar-refractivity contribution in [2.75, 3.05) is 6.61 Å². The van der Waals surface area contributed by atoms with Gasteiger partial charge in [-0.1, -0.05) is 38.1 Å². The first-order valence-corrected chi connectivity index (χ1v) is 6.90. The average Bonchev–Trinajstić information content (AvgIpc) is 2.34. The van der Waals surface area contributed by atoms with E-state index in [1.54, 1.807) is 0 Å². The molecule has 2 nitrogen and oxygen atoms in total. The lowest BCUT2D eigenvalue weighted by Gasteiger charge is -2.44. The summed E-state index contributed by atoms with van der Waals surface area (Å²) in [6.45, 7) is 8.59. The van der Waals surface area contributed by atoms with Crippen molar-refractivity contribution in [1.29, 1.82) is 0 Å². The van der Waals surface area contributed by atoms with Crippen molar-refractivity contribution in [3.63, 3.8) is 0 Å². The predicted molar refractivity (Wildman–Crippen MR) is 77.8 cm³/mol. The van der Waals surface area contributed by atoms with E-state index in [-0.39, 0.29) is 17.6 Å². The molecule has 3 N–H and O–H groups in total. The molecule has 0 radical (unpaired) electrons. The average molecular weight is 249 g/mol. The fourth-order valence-corrected chi connectivity index (χ4v) is 2.93. The van der Waals surface area contributed by atoms with Crippen LogP contribution in [-0.4, -0.2) is 17.3 Å². The molecule has 2 heteroatoms. The van der Waals surface area contributed by atoms with Gasteiger partial charge in [-0.2, -0.15) is 0 Å². The number of benzene rings is 1. The third-order valence-electron chi connectivity index (χ3n) is 4.29. The number of aliphatic hydroxyl groups is 1. The van der Waals surface area contributed by atoms with Crippen molar-refractivity contribution in [3.05, 3.63) is 35.4 Å². The van der Waals surface area contributed by atoms with Gasteiger partial charge < -0.3 is 10.8 Å². The summed E-state index contributed by atoms with van der Waals surface area (Å²) in [5.41, 5.74) is 8.47. The van der Waals surface area contributed by atoms with Crippen LogP contribution in [0, 0.1) is 0 Å². The first-order valence-electron chi connectivity index (χ1n) is 6.90. The van der Waals surface area contributed by atoms with Crippen LogP contribution >= 0.6 is 0 Å². The van der Waals surface area contributed by atoms with Crippen LogP contribution in [0.25, 0.3) is 0 Å². The number of hydrogen-bond acceptors (Lipinski definition) is 2. The lowest BCUT2D eigenvalue weighted by atomic mass is 9.63. The highest BCUT2D eigenvalue weighted by Crippen LogP contribution is 2.40. The number of rotatable bonds is 6. The molecule has 1 aromatic rings. The Kier molecular flexibility index (Phi) is 4.94. The fourth-order valence-electron chi connectivity index (χ4n) is 2.93. The van der Waals surface area contributed by atoms with Crippen molar-refractivity contribution in [2.45, 2.75) is 57.9 Å². The van der Waals surface area contributed by atoms with Crippen LogP contribution in [0.5, 0.6) is 0 Å². The molecule has 18 heavy (non-hydrogen) atoms. The quantitative estimate of drug-likeness (QED) is 0.814. The van der Waals surface area contributed by atoms with Gasteiger partial charge in [-0.05, 0) is 44.2 Å². The SMILES string of the molecule is CCc1ccc(C(CC)(CCO)C(C)(C)N)cc1. The van der Waals surface area contributed by atoms with Crippen molar-refractivity contribution in [3.8, 4) is 0 Å². The number of nitrogens with two attached hydrogens (primary N) is 1. The Morgan fingerprint density at radius 2 is 1.67 bits per heavy atom. The van der Waals surface area contributed by atoms with Crippen LogP contribution in [0.3, 0.4) is 0 Å². The summed E-state index contributed by atoms with van der Waals surface area (Å²) in [7, 11) is 0. The molecule has 0 bridgehead atoms. The van der Waals surface area contributed by atoms with E-state index in [9.17, 15) is 5.11 Å². The monoisotopic (exact) mass is 249 g/mol. The van der Waals surface area contributed by atoms with Crippen molar-refractivity contribution >= 4 is 0 Å². The summed E-state index contributed by atoms with van der Waals surface area (Å²) >= 11 is 0. The van der Waals surface area contributed by atoms with Gasteiger partial charge in [0.1, 0.15) is 0 Å². The van der Waals surface area contributed by atoms with Crippen molar-refractivity contribution in [1.82, 2.24) is 0 Å². The van der Waals surface area contributed by atoms with E-state index in [0.717, 1.165) is 12.8 Å². The first kappa shape index (κ1) is 15.2. The molecule has 102 valence electrons. The summed E-state index contributed by atoms with van der Waals surface area (Å²) in [5, 5.41) is 9.40. The molecule has 0 spiro atoms. The van der Waals surface area contributed by atoms with Crippen LogP contribution in [0.4, 0.5) is 0 Å². The highest BCUT2D eigenvalue weighted by Gasteiger charge is 2.41. The standard InChI is InChI=1S/C16H27NO/c1-5-13-7-9-14(10-8-13)16(6-2,11-12-18)15(3,4)17/h7-10,18H,5-6,11-12,17H2,1-4H3. The predicted octanol–water partition coefficient (Wildman–Crippen LogP) is 3.02. The molecule has 0 aliphatic rings. The molecule has 1 unspecified atom stereocenters. The second kappa shape index (κ2) is 5.85. The summed E-state index contributed by atoms with van der Waals surface area (Å²) in [5.74, 6) is 0. The number of aryl methyl sites for hydroxylation is 1. The Morgan fingerprint density at radius 3 is 2.00 bits per heavy atom. The minimum atomic E-state index is -0.349. The lowest BCUT2D eigenvalue weighted by Crippen LogP contribution is -2.54. The molecule has 0 saturated heterocycles.